The third kappa shape index (κ3) is 6.62. The van der Waals surface area contributed by atoms with Crippen LogP contribution in [0.4, 0.5) is 5.69 Å². The number of morpholine rings is 1. The summed E-state index contributed by atoms with van der Waals surface area (Å²) in [5.41, 5.74) is 1.54. The molecule has 2 N–H and O–H groups in total. The highest BCUT2D eigenvalue weighted by Gasteiger charge is 2.36. The summed E-state index contributed by atoms with van der Waals surface area (Å²) in [4.78, 5) is 33.5. The number of carbonyl (C=O) groups excluding carboxylic acids is 1. The molecule has 4 heterocycles. The summed E-state index contributed by atoms with van der Waals surface area (Å²) in [5, 5.41) is 2.96. The van der Waals surface area contributed by atoms with Crippen molar-refractivity contribution in [2.45, 2.75) is 31.1 Å². The number of anilines is 1. The van der Waals surface area contributed by atoms with Crippen LogP contribution in [-0.2, 0) is 14.8 Å². The fourth-order valence-electron chi connectivity index (χ4n) is 3.99. The van der Waals surface area contributed by atoms with Crippen molar-refractivity contribution < 1.29 is 22.7 Å². The normalized spacial score (nSPS) is 17.1. The van der Waals surface area contributed by atoms with Crippen molar-refractivity contribution in [2.75, 3.05) is 44.2 Å². The molecule has 1 aliphatic heterocycles. The molecule has 0 radical (unpaired) electrons. The Morgan fingerprint density at radius 1 is 1.24 bits per heavy atom. The van der Waals surface area contributed by atoms with Crippen molar-refractivity contribution in [3.63, 3.8) is 0 Å². The lowest BCUT2D eigenvalue weighted by atomic mass is 10.1. The molecular formula is C24H29N7O5S2. The van der Waals surface area contributed by atoms with E-state index >= 15 is 0 Å². The van der Waals surface area contributed by atoms with Gasteiger partial charge < -0.3 is 14.8 Å². The molecule has 0 aromatic carbocycles. The minimum Gasteiger partial charge on any atom is -0.477 e. The van der Waals surface area contributed by atoms with Crippen molar-refractivity contribution in [1.29, 1.82) is 0 Å². The molecule has 3 aromatic heterocycles. The van der Waals surface area contributed by atoms with Crippen LogP contribution in [0.2, 0.25) is 0 Å². The molecule has 1 atom stereocenters. The maximum absolute atomic E-state index is 13.3. The van der Waals surface area contributed by atoms with Gasteiger partial charge in [-0.25, -0.2) is 18.4 Å². The third-order valence-corrected chi connectivity index (χ3v) is 8.96. The Morgan fingerprint density at radius 2 is 2.05 bits per heavy atom. The van der Waals surface area contributed by atoms with E-state index in [9.17, 15) is 13.2 Å². The Kier molecular flexibility index (Phi) is 8.12. The molecule has 14 heteroatoms. The zero-order valence-corrected chi connectivity index (χ0v) is 22.5. The Morgan fingerprint density at radius 3 is 2.82 bits per heavy atom. The molecule has 0 bridgehead atoms. The zero-order chi connectivity index (χ0) is 26.5. The minimum absolute atomic E-state index is 0.265. The number of carbonyl (C=O) groups is 1. The van der Waals surface area contributed by atoms with Gasteiger partial charge in [0.1, 0.15) is 5.69 Å². The molecule has 2 fully saturated rings. The van der Waals surface area contributed by atoms with Crippen molar-refractivity contribution >= 4 is 33.0 Å². The minimum atomic E-state index is -3.43. The summed E-state index contributed by atoms with van der Waals surface area (Å²) < 4.78 is 38.4. The number of amides is 1. The van der Waals surface area contributed by atoms with Crippen LogP contribution < -0.4 is 14.8 Å². The van der Waals surface area contributed by atoms with E-state index in [-0.39, 0.29) is 16.2 Å². The van der Waals surface area contributed by atoms with Crippen LogP contribution in [0.25, 0.3) is 10.6 Å². The molecule has 0 spiro atoms. The van der Waals surface area contributed by atoms with Crippen LogP contribution in [0.1, 0.15) is 41.3 Å². The average molecular weight is 560 g/mol. The van der Waals surface area contributed by atoms with Gasteiger partial charge in [-0.3, -0.25) is 24.4 Å². The molecule has 12 nitrogen and oxygen atoms in total. The Labute approximate surface area is 224 Å². The Balaban J connectivity index is 1.35. The monoisotopic (exact) mass is 559 g/mol. The molecule has 1 amide bonds. The number of hydrogen-bond donors (Lipinski definition) is 2. The number of rotatable bonds is 11. The van der Waals surface area contributed by atoms with E-state index in [1.807, 2.05) is 6.92 Å². The summed E-state index contributed by atoms with van der Waals surface area (Å²) in [6, 6.07) is 2.79. The first kappa shape index (κ1) is 26.4. The van der Waals surface area contributed by atoms with Crippen molar-refractivity contribution in [3.05, 3.63) is 47.6 Å². The lowest BCUT2D eigenvalue weighted by Gasteiger charge is -2.30. The van der Waals surface area contributed by atoms with Gasteiger partial charge in [0.2, 0.25) is 15.9 Å². The van der Waals surface area contributed by atoms with Crippen LogP contribution in [-0.4, -0.2) is 83.9 Å². The molecule has 1 aliphatic carbocycles. The fraction of sp³-hybridized carbons (Fsp3) is 0.458. The number of nitrogens with one attached hydrogen (secondary N) is 2. The number of aromatic nitrogens is 4. The second-order valence-corrected chi connectivity index (χ2v) is 12.0. The van der Waals surface area contributed by atoms with E-state index in [0.717, 1.165) is 13.1 Å². The average Bonchev–Trinajstić information content (AvgIpc) is 3.67. The van der Waals surface area contributed by atoms with Gasteiger partial charge in [0.05, 0.1) is 59.8 Å². The second-order valence-electron chi connectivity index (χ2n) is 8.96. The smallest absolute Gasteiger partial charge is 0.280 e. The van der Waals surface area contributed by atoms with Crippen LogP contribution >= 0.6 is 11.3 Å². The molecule has 3 aromatic rings. The highest BCUT2D eigenvalue weighted by atomic mass is 32.2. The topological polar surface area (TPSA) is 149 Å². The van der Waals surface area contributed by atoms with E-state index in [1.54, 1.807) is 30.7 Å². The van der Waals surface area contributed by atoms with Crippen molar-refractivity contribution in [3.8, 4) is 16.5 Å². The molecule has 5 rings (SSSR count). The predicted octanol–water partition coefficient (Wildman–Crippen LogP) is 2.10. The van der Waals surface area contributed by atoms with Crippen LogP contribution in [0, 0.1) is 0 Å². The summed E-state index contributed by atoms with van der Waals surface area (Å²) in [7, 11) is -3.43. The molecule has 1 saturated heterocycles. The van der Waals surface area contributed by atoms with Gasteiger partial charge >= 0.3 is 0 Å². The number of thiazole rings is 1. The molecular weight excluding hydrogens is 530 g/mol. The Hall–Kier alpha value is -3.20. The second kappa shape index (κ2) is 11.7. The number of nitrogens with zero attached hydrogens (tertiary/aromatic N) is 5. The van der Waals surface area contributed by atoms with Crippen molar-refractivity contribution in [2.24, 2.45) is 0 Å². The molecule has 202 valence electrons. The summed E-state index contributed by atoms with van der Waals surface area (Å²) in [6.45, 7) is 5.47. The summed E-state index contributed by atoms with van der Waals surface area (Å²) in [6.07, 6.45) is 7.59. The maximum atomic E-state index is 13.3. The lowest BCUT2D eigenvalue weighted by molar-refractivity contribution is 0.0330. The van der Waals surface area contributed by atoms with Gasteiger partial charge in [-0.05, 0) is 31.9 Å². The zero-order valence-electron chi connectivity index (χ0n) is 20.9. The first-order chi connectivity index (χ1) is 18.4. The van der Waals surface area contributed by atoms with Gasteiger partial charge in [-0.2, -0.15) is 0 Å². The van der Waals surface area contributed by atoms with Crippen molar-refractivity contribution in [1.82, 2.24) is 30.2 Å². The first-order valence-corrected chi connectivity index (χ1v) is 14.8. The molecule has 38 heavy (non-hydrogen) atoms. The Bertz CT molecular complexity index is 1370. The molecule has 1 saturated carbocycles. The van der Waals surface area contributed by atoms with Crippen LogP contribution in [0.15, 0.2) is 36.9 Å². The van der Waals surface area contributed by atoms with Gasteiger partial charge in [0, 0.05) is 32.0 Å². The summed E-state index contributed by atoms with van der Waals surface area (Å²) >= 11 is 1.20. The lowest BCUT2D eigenvalue weighted by Crippen LogP contribution is -2.43. The third-order valence-electron chi connectivity index (χ3n) is 6.07. The van der Waals surface area contributed by atoms with Gasteiger partial charge in [0.25, 0.3) is 5.91 Å². The number of sulfonamides is 1. The molecule has 1 unspecified atom stereocenters. The largest absolute Gasteiger partial charge is 0.477 e. The van der Waals surface area contributed by atoms with E-state index in [4.69, 9.17) is 9.47 Å². The van der Waals surface area contributed by atoms with E-state index < -0.39 is 16.1 Å². The van der Waals surface area contributed by atoms with E-state index in [1.165, 1.54) is 17.5 Å². The van der Waals surface area contributed by atoms with Crippen LogP contribution in [0.5, 0.6) is 5.88 Å². The van der Waals surface area contributed by atoms with Gasteiger partial charge in [-0.1, -0.05) is 0 Å². The van der Waals surface area contributed by atoms with Crippen LogP contribution in [0.3, 0.4) is 0 Å². The predicted molar refractivity (Wildman–Crippen MR) is 142 cm³/mol. The van der Waals surface area contributed by atoms with E-state index in [0.29, 0.717) is 67.0 Å². The van der Waals surface area contributed by atoms with E-state index in [2.05, 4.69) is 34.9 Å². The highest BCUT2D eigenvalue weighted by molar-refractivity contribution is 7.93. The van der Waals surface area contributed by atoms with Gasteiger partial charge in [0.15, 0.2) is 5.01 Å². The quantitative estimate of drug-likeness (QED) is 0.358. The van der Waals surface area contributed by atoms with Gasteiger partial charge in [-0.15, -0.1) is 11.3 Å². The SMILES string of the molecule is CCOc1cncc(-c2cnc(C(=O)NC(CN3CCOCC3)c3cc(NS(=O)(=O)C4CC4)ccn3)s2)n1. The number of pyridine rings is 1. The standard InChI is InChI=1S/C24H29N7O5S2/c1-2-36-22-14-25-12-19(28-22)21-13-27-24(37-21)23(32)29-20(15-31-7-9-35-10-8-31)18-11-16(5-6-26-18)30-38(33,34)17-3-4-17/h5-6,11-14,17,20H,2-4,7-10,15H2,1H3,(H,26,30)(H,29,32). The fourth-order valence-corrected chi connectivity index (χ4v) is 6.14. The first-order valence-electron chi connectivity index (χ1n) is 12.4. The number of hydrogen-bond acceptors (Lipinski definition) is 11. The maximum Gasteiger partial charge on any atom is 0.280 e. The molecule has 2 aliphatic rings. The highest BCUT2D eigenvalue weighted by Crippen LogP contribution is 2.30. The number of ether oxygens (including phenoxy) is 2. The summed E-state index contributed by atoms with van der Waals surface area (Å²) in [5.74, 6) is 0.0393.